The highest BCUT2D eigenvalue weighted by Gasteiger charge is 2.45. The lowest BCUT2D eigenvalue weighted by Gasteiger charge is -2.32. The highest BCUT2D eigenvalue weighted by Crippen LogP contribution is 2.67. The monoisotopic (exact) mass is 848 g/mol. The van der Waals surface area contributed by atoms with E-state index in [4.69, 9.17) is 14.0 Å². The third-order valence-corrected chi connectivity index (χ3v) is 15.0. The number of hydrogen-bond donors (Lipinski definition) is 4. The van der Waals surface area contributed by atoms with E-state index in [1.54, 1.807) is 55.5 Å². The lowest BCUT2D eigenvalue weighted by Crippen LogP contribution is -2.42. The fourth-order valence-electron chi connectivity index (χ4n) is 6.56. The molecule has 1 fully saturated rings. The first-order valence-corrected chi connectivity index (χ1v) is 23.0. The molecule has 2 aliphatic rings. The normalized spacial score (nSPS) is 22.5. The van der Waals surface area contributed by atoms with Gasteiger partial charge in [-0.3, -0.25) is 13.8 Å². The number of carbonyl (C=O) groups excluding carboxylic acids is 1. The van der Waals surface area contributed by atoms with E-state index in [0.29, 0.717) is 16.7 Å². The van der Waals surface area contributed by atoms with Crippen LogP contribution in [0.4, 0.5) is 0 Å². The van der Waals surface area contributed by atoms with Crippen LogP contribution in [-0.4, -0.2) is 71.3 Å². The first-order chi connectivity index (χ1) is 26.4. The van der Waals surface area contributed by atoms with Gasteiger partial charge in [0.25, 0.3) is 5.91 Å². The van der Waals surface area contributed by atoms with Gasteiger partial charge in [-0.1, -0.05) is 73.3 Å². The van der Waals surface area contributed by atoms with E-state index in [2.05, 4.69) is 25.0 Å². The van der Waals surface area contributed by atoms with Crippen LogP contribution < -0.4 is 10.1 Å². The molecule has 296 valence electrons. The maximum absolute atomic E-state index is 13.4. The number of benzene rings is 5. The Labute approximate surface area is 320 Å². The lowest BCUT2D eigenvalue weighted by atomic mass is 9.94. The molecule has 2 aliphatic heterocycles. The molecule has 2 heterocycles. The predicted octanol–water partition coefficient (Wildman–Crippen LogP) is 6.09. The SMILES string of the molecule is C=C1NC(=O)C(C)=CN1[C@H]1CC(Oc2ccccc2)[C@@H](COP(=O)(O)OP(=O)(O)OP(=O)(O)OCCS(=O)(=O)c2ccc3ccc4cccc5ccc2c3c45)O1. The van der Waals surface area contributed by atoms with Crippen LogP contribution in [0.15, 0.2) is 114 Å². The Morgan fingerprint density at radius 2 is 1.46 bits per heavy atom. The lowest BCUT2D eigenvalue weighted by molar-refractivity contribution is -0.118. The smallest absolute Gasteiger partial charge is 0.487 e. The third-order valence-electron chi connectivity index (χ3n) is 9.03. The van der Waals surface area contributed by atoms with Gasteiger partial charge in [0, 0.05) is 23.6 Å². The van der Waals surface area contributed by atoms with Crippen molar-refractivity contribution in [2.45, 2.75) is 36.7 Å². The van der Waals surface area contributed by atoms with Crippen molar-refractivity contribution in [3.8, 4) is 5.75 Å². The summed E-state index contributed by atoms with van der Waals surface area (Å²) < 4.78 is 95.1. The van der Waals surface area contributed by atoms with Crippen LogP contribution in [0.5, 0.6) is 5.75 Å². The molecule has 7 rings (SSSR count). The quantitative estimate of drug-likeness (QED) is 0.0689. The number of para-hydroxylation sites is 1. The van der Waals surface area contributed by atoms with Crippen molar-refractivity contribution in [1.82, 2.24) is 10.2 Å². The van der Waals surface area contributed by atoms with Gasteiger partial charge in [-0.2, -0.15) is 8.62 Å². The Kier molecular flexibility index (Phi) is 11.1. The van der Waals surface area contributed by atoms with Gasteiger partial charge in [-0.15, -0.1) is 0 Å². The number of ether oxygens (including phenoxy) is 2. The van der Waals surface area contributed by atoms with Crippen molar-refractivity contribution in [2.75, 3.05) is 19.0 Å². The summed E-state index contributed by atoms with van der Waals surface area (Å²) in [6, 6.07) is 24.6. The van der Waals surface area contributed by atoms with Crippen LogP contribution in [0.25, 0.3) is 32.3 Å². The minimum atomic E-state index is -5.89. The molecule has 4 N–H and O–H groups in total. The second-order valence-electron chi connectivity index (χ2n) is 12.9. The summed E-state index contributed by atoms with van der Waals surface area (Å²) in [7, 11) is -21.2. The topological polar surface area (TPSA) is 234 Å². The number of nitrogens with one attached hydrogen (secondary N) is 1. The van der Waals surface area contributed by atoms with Crippen LogP contribution in [0.3, 0.4) is 0 Å². The number of hydrogen-bond acceptors (Lipinski definition) is 13. The molecule has 5 aromatic carbocycles. The number of amides is 1. The number of phosphoric ester groups is 2. The van der Waals surface area contributed by atoms with Gasteiger partial charge in [-0.05, 0) is 52.1 Å². The number of rotatable bonds is 15. The number of carbonyl (C=O) groups is 1. The summed E-state index contributed by atoms with van der Waals surface area (Å²) in [5, 5.41) is 7.25. The van der Waals surface area contributed by atoms with E-state index >= 15 is 0 Å². The van der Waals surface area contributed by atoms with Gasteiger partial charge in [0.15, 0.2) is 9.84 Å². The maximum Gasteiger partial charge on any atom is 0.490 e. The molecular weight excluding hydrogens is 813 g/mol. The molecule has 0 spiro atoms. The van der Waals surface area contributed by atoms with Crippen LogP contribution in [0, 0.1) is 0 Å². The summed E-state index contributed by atoms with van der Waals surface area (Å²) in [4.78, 5) is 44.2. The van der Waals surface area contributed by atoms with Crippen LogP contribution in [-0.2, 0) is 50.7 Å². The summed E-state index contributed by atoms with van der Waals surface area (Å²) in [6.07, 6.45) is -1.10. The third kappa shape index (κ3) is 8.77. The summed E-state index contributed by atoms with van der Waals surface area (Å²) in [5.41, 5.74) is 0.351. The average Bonchev–Trinajstić information content (AvgIpc) is 3.52. The van der Waals surface area contributed by atoms with Crippen molar-refractivity contribution < 1.29 is 68.7 Å². The molecule has 0 saturated carbocycles. The minimum Gasteiger partial charge on any atom is -0.487 e. The van der Waals surface area contributed by atoms with Crippen LogP contribution in [0.1, 0.15) is 13.3 Å². The highest BCUT2D eigenvalue weighted by atomic mass is 32.2. The maximum atomic E-state index is 13.4. The van der Waals surface area contributed by atoms with E-state index < -0.39 is 70.7 Å². The predicted molar refractivity (Wildman–Crippen MR) is 203 cm³/mol. The molecule has 21 heteroatoms. The van der Waals surface area contributed by atoms with E-state index in [1.807, 2.05) is 30.3 Å². The summed E-state index contributed by atoms with van der Waals surface area (Å²) >= 11 is 0. The van der Waals surface area contributed by atoms with Gasteiger partial charge in [-0.25, -0.2) is 22.1 Å². The first kappa shape index (κ1) is 40.2. The first-order valence-electron chi connectivity index (χ1n) is 16.8. The van der Waals surface area contributed by atoms with Crippen LogP contribution in [0.2, 0.25) is 0 Å². The van der Waals surface area contributed by atoms with Crippen molar-refractivity contribution in [3.63, 3.8) is 0 Å². The van der Waals surface area contributed by atoms with Gasteiger partial charge >= 0.3 is 23.5 Å². The Balaban J connectivity index is 0.974. The van der Waals surface area contributed by atoms with E-state index in [9.17, 15) is 41.6 Å². The van der Waals surface area contributed by atoms with E-state index in [0.717, 1.165) is 26.9 Å². The fourth-order valence-corrected chi connectivity index (χ4v) is 11.5. The number of sulfone groups is 1. The zero-order valence-corrected chi connectivity index (χ0v) is 32.9. The van der Waals surface area contributed by atoms with Gasteiger partial charge in [0.2, 0.25) is 0 Å². The zero-order chi connectivity index (χ0) is 40.0. The molecule has 1 saturated heterocycles. The Bertz CT molecular complexity index is 2610. The van der Waals surface area contributed by atoms with Gasteiger partial charge in [0.05, 0.1) is 23.9 Å². The summed E-state index contributed by atoms with van der Waals surface area (Å²) in [6.45, 7) is 3.66. The molecule has 0 bridgehead atoms. The molecule has 17 nitrogen and oxygen atoms in total. The molecule has 0 aromatic heterocycles. The number of nitrogens with zero attached hydrogens (tertiary/aromatic N) is 1. The van der Waals surface area contributed by atoms with E-state index in [-0.39, 0.29) is 23.0 Å². The molecule has 0 aliphatic carbocycles. The second-order valence-corrected chi connectivity index (χ2v) is 19.6. The van der Waals surface area contributed by atoms with Crippen molar-refractivity contribution >= 4 is 71.5 Å². The van der Waals surface area contributed by atoms with Gasteiger partial charge < -0.3 is 34.4 Å². The minimum absolute atomic E-state index is 0.0664. The Morgan fingerprint density at radius 1 is 0.839 bits per heavy atom. The van der Waals surface area contributed by atoms with Crippen molar-refractivity contribution in [2.24, 2.45) is 0 Å². The largest absolute Gasteiger partial charge is 0.490 e. The molecule has 5 aromatic rings. The van der Waals surface area contributed by atoms with Crippen LogP contribution >= 0.6 is 23.5 Å². The second kappa shape index (κ2) is 15.4. The zero-order valence-electron chi connectivity index (χ0n) is 29.4. The molecule has 56 heavy (non-hydrogen) atoms. The molecule has 6 atom stereocenters. The summed E-state index contributed by atoms with van der Waals surface area (Å²) in [5.74, 6) is -0.591. The standard InChI is InChI=1S/C35H35N2O15P3S/c1-22-20-37(23(2)36-35(22)38)32-19-29(49-27-9-4-3-5-10-27)30(50-32)21-48-54(41,42)52-55(43,44)51-53(39,40)47-17-18-56(45,46)31-16-14-26-12-11-24-7-6-8-25-13-15-28(31)34(26)33(24)25/h3-16,20,29-30,32H,2,17-19,21H2,1H3,(H,36,38)(H,39,40)(H,41,42)(H,43,44)/t29?,30-,32-/m1/s1. The Morgan fingerprint density at radius 3 is 2.16 bits per heavy atom. The van der Waals surface area contributed by atoms with Crippen molar-refractivity contribution in [3.05, 3.63) is 109 Å². The highest BCUT2D eigenvalue weighted by molar-refractivity contribution is 7.91. The molecule has 4 unspecified atom stereocenters. The number of phosphoric acid groups is 3. The fraction of sp³-hybridized carbons (Fsp3) is 0.229. The van der Waals surface area contributed by atoms with E-state index in [1.165, 1.54) is 17.2 Å². The Hall–Kier alpha value is -3.99. The molecule has 0 radical (unpaired) electrons. The molecular formula is C35H35N2O15P3S. The average molecular weight is 849 g/mol. The molecule has 1 amide bonds. The van der Waals surface area contributed by atoms with Crippen molar-refractivity contribution in [1.29, 1.82) is 0 Å². The van der Waals surface area contributed by atoms with Gasteiger partial charge in [0.1, 0.15) is 30.0 Å².